The first-order valence-electron chi connectivity index (χ1n) is 15.2. The normalized spacial score (nSPS) is 12.2. The van der Waals surface area contributed by atoms with Gasteiger partial charge in [-0.25, -0.2) is 24.2 Å². The van der Waals surface area contributed by atoms with Gasteiger partial charge in [-0.2, -0.15) is 0 Å². The van der Waals surface area contributed by atoms with E-state index in [1.807, 2.05) is 45.0 Å². The van der Waals surface area contributed by atoms with Crippen molar-refractivity contribution in [3.05, 3.63) is 65.5 Å². The number of carbonyl (C=O) groups is 5. The molecule has 0 aliphatic carbocycles. The van der Waals surface area contributed by atoms with E-state index in [0.717, 1.165) is 17.5 Å². The molecule has 3 rings (SSSR count). The molecule has 1 heterocycles. The van der Waals surface area contributed by atoms with Crippen molar-refractivity contribution < 1.29 is 38.6 Å². The minimum Gasteiger partial charge on any atom is -0.480 e. The monoisotopic (exact) mass is 638 g/mol. The number of esters is 1. The number of amides is 4. The lowest BCUT2D eigenvalue weighted by atomic mass is 10.1. The number of H-pyrrole nitrogens is 1. The topological polar surface area (TPSA) is 192 Å². The third-order valence-electron chi connectivity index (χ3n) is 6.93. The maximum absolute atomic E-state index is 13.5. The van der Waals surface area contributed by atoms with E-state index < -0.39 is 42.1 Å². The fourth-order valence-corrected chi connectivity index (χ4v) is 4.39. The van der Waals surface area contributed by atoms with Crippen molar-refractivity contribution >= 4 is 41.0 Å². The molecule has 1 aromatic heterocycles. The highest BCUT2D eigenvalue weighted by Gasteiger charge is 2.28. The number of unbranched alkanes of at least 4 members (excludes halogenated alkanes) is 1. The van der Waals surface area contributed by atoms with E-state index in [2.05, 4.69) is 25.9 Å². The number of carboxylic acid groups (broad SMARTS) is 1. The fraction of sp³-hybridized carbons (Fsp3) is 0.438. The fourth-order valence-electron chi connectivity index (χ4n) is 4.39. The molecular weight excluding hydrogens is 596 g/mol. The number of rotatable bonds is 16. The Morgan fingerprint density at radius 2 is 1.67 bits per heavy atom. The minimum absolute atomic E-state index is 0.0981. The zero-order chi connectivity index (χ0) is 33.6. The molecule has 0 aliphatic rings. The number of imidazole rings is 1. The van der Waals surface area contributed by atoms with Gasteiger partial charge in [-0.15, -0.1) is 0 Å². The van der Waals surface area contributed by atoms with Crippen LogP contribution in [0.4, 0.5) is 9.59 Å². The lowest BCUT2D eigenvalue weighted by molar-refractivity contribution is -0.146. The summed E-state index contributed by atoms with van der Waals surface area (Å²) in [4.78, 5) is 71.6. The molecule has 0 spiro atoms. The molecule has 5 N–H and O–H groups in total. The number of hydrogen-bond donors (Lipinski definition) is 5. The smallest absolute Gasteiger partial charge is 0.407 e. The molecule has 0 radical (unpaired) electrons. The molecule has 2 atom stereocenters. The number of nitrogens with zero attached hydrogens (tertiary/aromatic N) is 2. The van der Waals surface area contributed by atoms with Crippen LogP contribution in [0.1, 0.15) is 62.3 Å². The van der Waals surface area contributed by atoms with Gasteiger partial charge >= 0.3 is 24.1 Å². The van der Waals surface area contributed by atoms with E-state index in [1.54, 1.807) is 31.2 Å². The predicted molar refractivity (Wildman–Crippen MR) is 169 cm³/mol. The van der Waals surface area contributed by atoms with E-state index in [9.17, 15) is 29.1 Å². The third-order valence-corrected chi connectivity index (χ3v) is 6.93. The number of ether oxygens (including phenoxy) is 2. The molecule has 3 aromatic rings. The predicted octanol–water partition coefficient (Wildman–Crippen LogP) is 3.57. The second kappa shape index (κ2) is 17.4. The molecule has 248 valence electrons. The first-order valence-corrected chi connectivity index (χ1v) is 15.2. The zero-order valence-corrected chi connectivity index (χ0v) is 26.5. The first kappa shape index (κ1) is 35.3. The Labute approximate surface area is 267 Å². The van der Waals surface area contributed by atoms with Gasteiger partial charge in [0.05, 0.1) is 30.8 Å². The number of benzene rings is 2. The summed E-state index contributed by atoms with van der Waals surface area (Å²) in [5.41, 5.74) is 2.48. The Bertz CT molecular complexity index is 1460. The lowest BCUT2D eigenvalue weighted by Crippen LogP contribution is -2.50. The van der Waals surface area contributed by atoms with Crippen molar-refractivity contribution in [2.24, 2.45) is 5.92 Å². The van der Waals surface area contributed by atoms with Crippen LogP contribution in [0, 0.1) is 5.92 Å². The van der Waals surface area contributed by atoms with Gasteiger partial charge < -0.3 is 40.4 Å². The molecule has 4 amide bonds. The van der Waals surface area contributed by atoms with Crippen molar-refractivity contribution in [3.63, 3.8) is 0 Å². The molecule has 0 fully saturated rings. The SMILES string of the molecule is CCCCOC(=O)N[C@@H](CNC(=O)c1ccc(CN(Cc2nc3ccccc3[nH]2)C(=O)N[C@H](C(=O)OCC)C(C)C)cc1)C(=O)O. The van der Waals surface area contributed by atoms with Crippen molar-refractivity contribution in [2.45, 2.75) is 65.7 Å². The van der Waals surface area contributed by atoms with E-state index in [0.29, 0.717) is 17.8 Å². The molecule has 0 saturated carbocycles. The molecule has 0 unspecified atom stereocenters. The van der Waals surface area contributed by atoms with E-state index in [-0.39, 0.29) is 44.3 Å². The number of aromatic nitrogens is 2. The van der Waals surface area contributed by atoms with Crippen LogP contribution in [0.15, 0.2) is 48.5 Å². The largest absolute Gasteiger partial charge is 0.480 e. The van der Waals surface area contributed by atoms with Crippen LogP contribution in [0.3, 0.4) is 0 Å². The Kier molecular flexibility index (Phi) is 13.3. The van der Waals surface area contributed by atoms with Gasteiger partial charge in [-0.1, -0.05) is 51.5 Å². The van der Waals surface area contributed by atoms with Gasteiger partial charge in [0, 0.05) is 18.7 Å². The third kappa shape index (κ3) is 10.5. The van der Waals surface area contributed by atoms with E-state index in [1.165, 1.54) is 4.90 Å². The van der Waals surface area contributed by atoms with Crippen LogP contribution in [0.2, 0.25) is 0 Å². The van der Waals surface area contributed by atoms with E-state index in [4.69, 9.17) is 9.47 Å². The van der Waals surface area contributed by atoms with Crippen LogP contribution in [-0.4, -0.2) is 81.8 Å². The minimum atomic E-state index is -1.38. The summed E-state index contributed by atoms with van der Waals surface area (Å²) in [5, 5.41) is 17.0. The molecule has 0 aliphatic heterocycles. The molecular formula is C32H42N6O8. The molecule has 2 aromatic carbocycles. The molecule has 14 heteroatoms. The number of aliphatic carboxylic acids is 1. The van der Waals surface area contributed by atoms with E-state index >= 15 is 0 Å². The average Bonchev–Trinajstić information content (AvgIpc) is 3.44. The number of carboxylic acids is 1. The van der Waals surface area contributed by atoms with Crippen molar-refractivity contribution in [3.8, 4) is 0 Å². The maximum Gasteiger partial charge on any atom is 0.407 e. The highest BCUT2D eigenvalue weighted by atomic mass is 16.5. The number of urea groups is 1. The van der Waals surface area contributed by atoms with Gasteiger partial charge in [0.25, 0.3) is 5.91 Å². The van der Waals surface area contributed by atoms with Crippen molar-refractivity contribution in [2.75, 3.05) is 19.8 Å². The summed E-state index contributed by atoms with van der Waals surface area (Å²) in [6, 6.07) is 11.1. The molecule has 14 nitrogen and oxygen atoms in total. The zero-order valence-electron chi connectivity index (χ0n) is 26.5. The Hall–Kier alpha value is -5.14. The number of fused-ring (bicyclic) bond motifs is 1. The second-order valence-electron chi connectivity index (χ2n) is 10.9. The van der Waals surface area contributed by atoms with Gasteiger partial charge in [-0.05, 0) is 49.1 Å². The number of hydrogen-bond acceptors (Lipinski definition) is 8. The Morgan fingerprint density at radius 1 is 0.957 bits per heavy atom. The summed E-state index contributed by atoms with van der Waals surface area (Å²) in [6.45, 7) is 7.43. The molecule has 46 heavy (non-hydrogen) atoms. The van der Waals surface area contributed by atoms with Gasteiger partial charge in [0.1, 0.15) is 17.9 Å². The highest BCUT2D eigenvalue weighted by Crippen LogP contribution is 2.16. The molecule has 0 saturated heterocycles. The summed E-state index contributed by atoms with van der Waals surface area (Å²) in [7, 11) is 0. The lowest BCUT2D eigenvalue weighted by Gasteiger charge is -2.27. The summed E-state index contributed by atoms with van der Waals surface area (Å²) in [5.74, 6) is -2.09. The van der Waals surface area contributed by atoms with Gasteiger partial charge in [0.2, 0.25) is 0 Å². The van der Waals surface area contributed by atoms with Gasteiger partial charge in [0.15, 0.2) is 0 Å². The Morgan fingerprint density at radius 3 is 2.30 bits per heavy atom. The molecule has 0 bridgehead atoms. The summed E-state index contributed by atoms with van der Waals surface area (Å²) < 4.78 is 10.1. The number of aromatic amines is 1. The summed E-state index contributed by atoms with van der Waals surface area (Å²) >= 11 is 0. The highest BCUT2D eigenvalue weighted by molar-refractivity contribution is 5.94. The maximum atomic E-state index is 13.5. The van der Waals surface area contributed by atoms with Crippen molar-refractivity contribution in [1.29, 1.82) is 0 Å². The number of alkyl carbamates (subject to hydrolysis) is 1. The van der Waals surface area contributed by atoms with Crippen molar-refractivity contribution in [1.82, 2.24) is 30.8 Å². The second-order valence-corrected chi connectivity index (χ2v) is 10.9. The quantitative estimate of drug-likeness (QED) is 0.115. The van der Waals surface area contributed by atoms with Crippen LogP contribution < -0.4 is 16.0 Å². The summed E-state index contributed by atoms with van der Waals surface area (Å²) in [6.07, 6.45) is 0.579. The first-order chi connectivity index (χ1) is 22.0. The van der Waals surface area contributed by atoms with Crippen LogP contribution in [0.5, 0.6) is 0 Å². The van der Waals surface area contributed by atoms with Crippen LogP contribution in [-0.2, 0) is 32.2 Å². The average molecular weight is 639 g/mol. The number of nitrogens with one attached hydrogen (secondary N) is 4. The number of para-hydroxylation sites is 2. The van der Waals surface area contributed by atoms with Gasteiger partial charge in [-0.3, -0.25) is 4.79 Å². The van der Waals surface area contributed by atoms with Crippen LogP contribution >= 0.6 is 0 Å². The number of carbonyl (C=O) groups excluding carboxylic acids is 4. The van der Waals surface area contributed by atoms with Crippen LogP contribution in [0.25, 0.3) is 11.0 Å². The standard InChI is InChI=1S/C32H42N6O8/c1-5-7-16-46-32(44)36-25(29(40)41)17-33-28(39)22-14-12-21(13-15-22)18-38(19-26-34-23-10-8-9-11-24(23)35-26)31(43)37-27(20(3)4)30(42)45-6-2/h8-15,20,25,27H,5-7,16-19H2,1-4H3,(H,33,39)(H,34,35)(H,36,44)(H,37,43)(H,40,41)/t25-,27-/m0/s1. The Balaban J connectivity index is 1.71.